The highest BCUT2D eigenvalue weighted by atomic mass is 32.2. The van der Waals surface area contributed by atoms with Crippen LogP contribution in [0.3, 0.4) is 0 Å². The Hall–Kier alpha value is 0.420. The van der Waals surface area contributed by atoms with Crippen LogP contribution in [0.25, 0.3) is 0 Å². The maximum absolute atomic E-state index is 12.3. The molecule has 2 heterocycles. The summed E-state index contributed by atoms with van der Waals surface area (Å²) in [4.78, 5) is 0. The highest BCUT2D eigenvalue weighted by Crippen LogP contribution is 2.39. The van der Waals surface area contributed by atoms with E-state index in [1.807, 2.05) is 11.8 Å². The van der Waals surface area contributed by atoms with Crippen molar-refractivity contribution in [1.82, 2.24) is 0 Å². The van der Waals surface area contributed by atoms with Gasteiger partial charge in [-0.3, -0.25) is 4.21 Å². The maximum atomic E-state index is 12.3. The van der Waals surface area contributed by atoms with Crippen LogP contribution in [-0.2, 0) is 15.5 Å². The third kappa shape index (κ3) is 3.46. The first-order valence-electron chi connectivity index (χ1n) is 6.44. The molecule has 0 aromatic heterocycles. The standard InChI is InChI=1S/C12H23NO2S2/c1-10(7-13)8-17(14)11-2-4-15-12(6-11)3-5-16-9-12/h10-11H,2-9,13H2,1H3. The molecule has 17 heavy (non-hydrogen) atoms. The quantitative estimate of drug-likeness (QED) is 0.843. The van der Waals surface area contributed by atoms with Gasteiger partial charge in [-0.05, 0) is 37.5 Å². The summed E-state index contributed by atoms with van der Waals surface area (Å²) in [6.45, 7) is 3.50. The van der Waals surface area contributed by atoms with Gasteiger partial charge in [-0.2, -0.15) is 11.8 Å². The van der Waals surface area contributed by atoms with Gasteiger partial charge in [0.25, 0.3) is 0 Å². The number of hydrogen-bond donors (Lipinski definition) is 1. The Bertz CT molecular complexity index is 280. The smallest absolute Gasteiger partial charge is 0.0791 e. The molecule has 100 valence electrons. The highest BCUT2D eigenvalue weighted by Gasteiger charge is 2.42. The molecule has 0 bridgehead atoms. The summed E-state index contributed by atoms with van der Waals surface area (Å²) in [5.74, 6) is 3.41. The fourth-order valence-electron chi connectivity index (χ4n) is 2.56. The van der Waals surface area contributed by atoms with Crippen LogP contribution >= 0.6 is 11.8 Å². The lowest BCUT2D eigenvalue weighted by molar-refractivity contribution is -0.0567. The third-order valence-corrected chi connectivity index (χ3v) is 7.00. The van der Waals surface area contributed by atoms with Crippen LogP contribution < -0.4 is 5.73 Å². The summed E-state index contributed by atoms with van der Waals surface area (Å²) in [5.41, 5.74) is 5.65. The van der Waals surface area contributed by atoms with Crippen molar-refractivity contribution in [3.05, 3.63) is 0 Å². The zero-order chi connectivity index (χ0) is 12.3. The molecule has 2 aliphatic rings. The number of ether oxygens (including phenoxy) is 1. The summed E-state index contributed by atoms with van der Waals surface area (Å²) in [6, 6.07) is 0. The van der Waals surface area contributed by atoms with Gasteiger partial charge in [0.15, 0.2) is 0 Å². The lowest BCUT2D eigenvalue weighted by atomic mass is 9.93. The summed E-state index contributed by atoms with van der Waals surface area (Å²) < 4.78 is 18.3. The van der Waals surface area contributed by atoms with Crippen molar-refractivity contribution in [2.45, 2.75) is 37.0 Å². The summed E-state index contributed by atoms with van der Waals surface area (Å²) in [5, 5.41) is 0.330. The molecule has 0 aliphatic carbocycles. The monoisotopic (exact) mass is 277 g/mol. The lowest BCUT2D eigenvalue weighted by Gasteiger charge is -2.37. The van der Waals surface area contributed by atoms with Crippen LogP contribution in [0, 0.1) is 5.92 Å². The summed E-state index contributed by atoms with van der Waals surface area (Å²) >= 11 is 1.97. The maximum Gasteiger partial charge on any atom is 0.0791 e. The van der Waals surface area contributed by atoms with Crippen LogP contribution in [0.2, 0.25) is 0 Å². The minimum atomic E-state index is -0.728. The molecular formula is C12H23NO2S2. The molecule has 4 unspecified atom stereocenters. The van der Waals surface area contributed by atoms with Gasteiger partial charge in [-0.15, -0.1) is 0 Å². The van der Waals surface area contributed by atoms with Gasteiger partial charge in [0.05, 0.1) is 5.60 Å². The van der Waals surface area contributed by atoms with Crippen molar-refractivity contribution in [1.29, 1.82) is 0 Å². The van der Waals surface area contributed by atoms with Crippen LogP contribution in [0.5, 0.6) is 0 Å². The highest BCUT2D eigenvalue weighted by molar-refractivity contribution is 7.99. The van der Waals surface area contributed by atoms with E-state index in [4.69, 9.17) is 10.5 Å². The largest absolute Gasteiger partial charge is 0.374 e. The Kier molecular flexibility index (Phi) is 4.92. The molecule has 3 nitrogen and oxygen atoms in total. The molecule has 2 aliphatic heterocycles. The van der Waals surface area contributed by atoms with E-state index in [1.165, 1.54) is 5.75 Å². The van der Waals surface area contributed by atoms with Crippen molar-refractivity contribution >= 4 is 22.6 Å². The minimum absolute atomic E-state index is 0.0508. The SMILES string of the molecule is CC(CN)CS(=O)C1CCOC2(CCSC2)C1. The second kappa shape index (κ2) is 6.04. The lowest BCUT2D eigenvalue weighted by Crippen LogP contribution is -2.44. The average Bonchev–Trinajstić information content (AvgIpc) is 2.77. The van der Waals surface area contributed by atoms with Gasteiger partial charge in [-0.25, -0.2) is 0 Å². The van der Waals surface area contributed by atoms with Crippen LogP contribution in [0.15, 0.2) is 0 Å². The van der Waals surface area contributed by atoms with Gasteiger partial charge in [-0.1, -0.05) is 6.92 Å². The predicted octanol–water partition coefficient (Wildman–Crippen LogP) is 1.38. The zero-order valence-corrected chi connectivity index (χ0v) is 12.2. The van der Waals surface area contributed by atoms with Gasteiger partial charge < -0.3 is 10.5 Å². The molecule has 0 amide bonds. The Labute approximate surface area is 111 Å². The summed E-state index contributed by atoms with van der Waals surface area (Å²) in [7, 11) is -0.728. The van der Waals surface area contributed by atoms with Gasteiger partial charge in [0, 0.05) is 34.2 Å². The van der Waals surface area contributed by atoms with Gasteiger partial charge in [0.2, 0.25) is 0 Å². The molecule has 0 aromatic rings. The fraction of sp³-hybridized carbons (Fsp3) is 1.00. The molecule has 4 atom stereocenters. The minimum Gasteiger partial charge on any atom is -0.374 e. The molecule has 2 saturated heterocycles. The Morgan fingerprint density at radius 3 is 3.12 bits per heavy atom. The second-order valence-electron chi connectivity index (χ2n) is 5.34. The molecule has 1 spiro atoms. The van der Waals surface area contributed by atoms with Crippen LogP contribution in [-0.4, -0.2) is 45.5 Å². The molecular weight excluding hydrogens is 254 g/mol. The van der Waals surface area contributed by atoms with E-state index in [0.29, 0.717) is 17.7 Å². The van der Waals surface area contributed by atoms with E-state index >= 15 is 0 Å². The number of hydrogen-bond acceptors (Lipinski definition) is 4. The van der Waals surface area contributed by atoms with Crippen molar-refractivity contribution < 1.29 is 8.95 Å². The normalized spacial score (nSPS) is 37.2. The van der Waals surface area contributed by atoms with E-state index in [9.17, 15) is 4.21 Å². The second-order valence-corrected chi connectivity index (χ2v) is 8.20. The molecule has 0 radical (unpaired) electrons. The molecule has 2 N–H and O–H groups in total. The Morgan fingerprint density at radius 2 is 2.47 bits per heavy atom. The summed E-state index contributed by atoms with van der Waals surface area (Å²) in [6.07, 6.45) is 3.08. The Morgan fingerprint density at radius 1 is 1.65 bits per heavy atom. The first-order chi connectivity index (χ1) is 8.15. The van der Waals surface area contributed by atoms with E-state index < -0.39 is 10.8 Å². The first-order valence-corrected chi connectivity index (χ1v) is 8.98. The van der Waals surface area contributed by atoms with Crippen molar-refractivity contribution in [3.63, 3.8) is 0 Å². The first kappa shape index (κ1) is 13.8. The Balaban J connectivity index is 1.90. The average molecular weight is 277 g/mol. The number of nitrogens with two attached hydrogens (primary N) is 1. The third-order valence-electron chi connectivity index (χ3n) is 3.74. The van der Waals surface area contributed by atoms with Gasteiger partial charge in [0.1, 0.15) is 0 Å². The molecule has 0 saturated carbocycles. The molecule has 5 heteroatoms. The van der Waals surface area contributed by atoms with Crippen molar-refractivity contribution in [3.8, 4) is 0 Å². The van der Waals surface area contributed by atoms with Crippen LogP contribution in [0.4, 0.5) is 0 Å². The van der Waals surface area contributed by atoms with Gasteiger partial charge >= 0.3 is 0 Å². The molecule has 2 rings (SSSR count). The molecule has 2 fully saturated rings. The van der Waals surface area contributed by atoms with Crippen LogP contribution in [0.1, 0.15) is 26.2 Å². The number of rotatable bonds is 4. The zero-order valence-electron chi connectivity index (χ0n) is 10.5. The van der Waals surface area contributed by atoms with Crippen molar-refractivity contribution in [2.75, 3.05) is 30.4 Å². The molecule has 0 aromatic carbocycles. The van der Waals surface area contributed by atoms with E-state index in [1.54, 1.807) is 0 Å². The predicted molar refractivity (Wildman–Crippen MR) is 74.9 cm³/mol. The van der Waals surface area contributed by atoms with E-state index in [0.717, 1.165) is 37.4 Å². The topological polar surface area (TPSA) is 52.3 Å². The van der Waals surface area contributed by atoms with E-state index in [-0.39, 0.29) is 5.60 Å². The number of thioether (sulfide) groups is 1. The van der Waals surface area contributed by atoms with Crippen molar-refractivity contribution in [2.24, 2.45) is 11.7 Å². The van der Waals surface area contributed by atoms with E-state index in [2.05, 4.69) is 6.92 Å². The fourth-order valence-corrected chi connectivity index (χ4v) is 5.75.